The zero-order valence-electron chi connectivity index (χ0n) is 8.38. The number of halogens is 1. The first-order chi connectivity index (χ1) is 6.65. The summed E-state index contributed by atoms with van der Waals surface area (Å²) < 4.78 is 1.03. The summed E-state index contributed by atoms with van der Waals surface area (Å²) >= 11 is 3.46. The smallest absolute Gasteiger partial charge is 0.220 e. The molecule has 0 unspecified atom stereocenters. The van der Waals surface area contributed by atoms with E-state index in [0.717, 1.165) is 10.0 Å². The maximum atomic E-state index is 11.2. The second-order valence-electron chi connectivity index (χ2n) is 3.16. The van der Waals surface area contributed by atoms with Crippen molar-refractivity contribution < 1.29 is 4.79 Å². The molecule has 0 aromatic heterocycles. The highest BCUT2D eigenvalue weighted by Gasteiger charge is 2.09. The third-order valence-corrected chi connectivity index (χ3v) is 2.79. The second kappa shape index (κ2) is 5.15. The molecule has 3 heteroatoms. The van der Waals surface area contributed by atoms with E-state index in [9.17, 15) is 4.79 Å². The summed E-state index contributed by atoms with van der Waals surface area (Å²) in [5, 5.41) is 2.92. The molecule has 0 bridgehead atoms. The number of rotatable bonds is 3. The number of carbonyl (C=O) groups is 1. The van der Waals surface area contributed by atoms with Crippen molar-refractivity contribution in [2.45, 2.75) is 26.3 Å². The topological polar surface area (TPSA) is 29.1 Å². The van der Waals surface area contributed by atoms with Gasteiger partial charge in [-0.15, -0.1) is 0 Å². The molecule has 14 heavy (non-hydrogen) atoms. The van der Waals surface area contributed by atoms with Crippen LogP contribution in [-0.2, 0) is 4.79 Å². The van der Waals surface area contributed by atoms with Crippen molar-refractivity contribution in [3.8, 4) is 0 Å². The summed E-state index contributed by atoms with van der Waals surface area (Å²) in [6.07, 6.45) is 0.523. The summed E-state index contributed by atoms with van der Waals surface area (Å²) in [5.74, 6) is 0.0771. The highest BCUT2D eigenvalue weighted by Crippen LogP contribution is 2.22. The van der Waals surface area contributed by atoms with E-state index >= 15 is 0 Å². The monoisotopic (exact) mass is 255 g/mol. The Morgan fingerprint density at radius 3 is 2.71 bits per heavy atom. The van der Waals surface area contributed by atoms with Crippen molar-refractivity contribution in [1.82, 2.24) is 5.32 Å². The standard InChI is InChI=1S/C11H14BrNO/c1-3-11(14)13-8(2)9-6-4-5-7-10(9)12/h4-8H,3H2,1-2H3,(H,13,14)/t8-/m1/s1. The Morgan fingerprint density at radius 1 is 1.50 bits per heavy atom. The van der Waals surface area contributed by atoms with Gasteiger partial charge in [-0.1, -0.05) is 41.1 Å². The number of hydrogen-bond donors (Lipinski definition) is 1. The molecule has 2 nitrogen and oxygen atoms in total. The van der Waals surface area contributed by atoms with E-state index < -0.39 is 0 Å². The highest BCUT2D eigenvalue weighted by molar-refractivity contribution is 9.10. The van der Waals surface area contributed by atoms with Crippen LogP contribution in [0.2, 0.25) is 0 Å². The zero-order valence-corrected chi connectivity index (χ0v) is 9.97. The Labute approximate surface area is 92.8 Å². The molecule has 1 aromatic carbocycles. The minimum absolute atomic E-state index is 0.0537. The molecule has 1 atom stereocenters. The third-order valence-electron chi connectivity index (χ3n) is 2.07. The van der Waals surface area contributed by atoms with Gasteiger partial charge in [0, 0.05) is 10.9 Å². The van der Waals surface area contributed by atoms with Gasteiger partial charge in [0.1, 0.15) is 0 Å². The molecule has 0 aliphatic rings. The second-order valence-corrected chi connectivity index (χ2v) is 4.02. The first-order valence-corrected chi connectivity index (χ1v) is 5.48. The van der Waals surface area contributed by atoms with Gasteiger partial charge in [-0.2, -0.15) is 0 Å². The van der Waals surface area contributed by atoms with Gasteiger partial charge in [0.05, 0.1) is 6.04 Å². The number of nitrogens with one attached hydrogen (secondary N) is 1. The van der Waals surface area contributed by atoms with Crippen molar-refractivity contribution in [3.05, 3.63) is 34.3 Å². The van der Waals surface area contributed by atoms with Crippen LogP contribution in [0.3, 0.4) is 0 Å². The van der Waals surface area contributed by atoms with Gasteiger partial charge in [0.2, 0.25) is 5.91 Å². The van der Waals surface area contributed by atoms with E-state index in [1.165, 1.54) is 0 Å². The first-order valence-electron chi connectivity index (χ1n) is 4.69. The molecule has 0 aliphatic carbocycles. The normalized spacial score (nSPS) is 12.2. The maximum absolute atomic E-state index is 11.2. The van der Waals surface area contributed by atoms with Crippen LogP contribution in [0, 0.1) is 0 Å². The SMILES string of the molecule is CCC(=O)N[C@H](C)c1ccccc1Br. The van der Waals surface area contributed by atoms with E-state index in [-0.39, 0.29) is 11.9 Å². The molecule has 76 valence electrons. The average molecular weight is 256 g/mol. The molecular formula is C11H14BrNO. The van der Waals surface area contributed by atoms with Crippen LogP contribution >= 0.6 is 15.9 Å². The largest absolute Gasteiger partial charge is 0.350 e. The molecule has 1 amide bonds. The van der Waals surface area contributed by atoms with Crippen molar-refractivity contribution in [1.29, 1.82) is 0 Å². The Balaban J connectivity index is 2.74. The van der Waals surface area contributed by atoms with Crippen LogP contribution in [-0.4, -0.2) is 5.91 Å². The lowest BCUT2D eigenvalue weighted by Crippen LogP contribution is -2.25. The van der Waals surface area contributed by atoms with Crippen LogP contribution in [0.1, 0.15) is 31.9 Å². The van der Waals surface area contributed by atoms with Crippen molar-refractivity contribution in [2.24, 2.45) is 0 Å². The average Bonchev–Trinajstić information content (AvgIpc) is 2.18. The Bertz CT molecular complexity index is 325. The van der Waals surface area contributed by atoms with E-state index in [2.05, 4.69) is 21.2 Å². The van der Waals surface area contributed by atoms with Gasteiger partial charge in [0.15, 0.2) is 0 Å². The highest BCUT2D eigenvalue weighted by atomic mass is 79.9. The fraction of sp³-hybridized carbons (Fsp3) is 0.364. The minimum Gasteiger partial charge on any atom is -0.350 e. The van der Waals surface area contributed by atoms with Crippen LogP contribution < -0.4 is 5.32 Å². The fourth-order valence-electron chi connectivity index (χ4n) is 1.25. The molecule has 1 N–H and O–H groups in total. The van der Waals surface area contributed by atoms with Crippen molar-refractivity contribution in [2.75, 3.05) is 0 Å². The molecule has 0 spiro atoms. The molecule has 0 saturated heterocycles. The van der Waals surface area contributed by atoms with Crippen molar-refractivity contribution in [3.63, 3.8) is 0 Å². The quantitative estimate of drug-likeness (QED) is 0.884. The lowest BCUT2D eigenvalue weighted by atomic mass is 10.1. The van der Waals surface area contributed by atoms with Crippen LogP contribution in [0.15, 0.2) is 28.7 Å². The van der Waals surface area contributed by atoms with Gasteiger partial charge < -0.3 is 5.32 Å². The minimum atomic E-state index is 0.0537. The molecular weight excluding hydrogens is 242 g/mol. The maximum Gasteiger partial charge on any atom is 0.220 e. The summed E-state index contributed by atoms with van der Waals surface area (Å²) in [6.45, 7) is 3.83. The summed E-state index contributed by atoms with van der Waals surface area (Å²) in [6, 6.07) is 7.96. The van der Waals surface area contributed by atoms with Crippen LogP contribution in [0.25, 0.3) is 0 Å². The fourth-order valence-corrected chi connectivity index (χ4v) is 1.88. The zero-order chi connectivity index (χ0) is 10.6. The van der Waals surface area contributed by atoms with Gasteiger partial charge in [0.25, 0.3) is 0 Å². The predicted octanol–water partition coefficient (Wildman–Crippen LogP) is 3.04. The Hall–Kier alpha value is -0.830. The third kappa shape index (κ3) is 2.84. The molecule has 0 radical (unpaired) electrons. The van der Waals surface area contributed by atoms with E-state index in [4.69, 9.17) is 0 Å². The number of carbonyl (C=O) groups excluding carboxylic acids is 1. The number of hydrogen-bond acceptors (Lipinski definition) is 1. The molecule has 0 aliphatic heterocycles. The van der Waals surface area contributed by atoms with Gasteiger partial charge >= 0.3 is 0 Å². The van der Waals surface area contributed by atoms with Crippen molar-refractivity contribution >= 4 is 21.8 Å². The Morgan fingerprint density at radius 2 is 2.14 bits per heavy atom. The van der Waals surface area contributed by atoms with Crippen LogP contribution in [0.5, 0.6) is 0 Å². The first kappa shape index (κ1) is 11.2. The Kier molecular flexibility index (Phi) is 4.14. The van der Waals surface area contributed by atoms with E-state index in [1.54, 1.807) is 0 Å². The van der Waals surface area contributed by atoms with Gasteiger partial charge in [-0.05, 0) is 18.6 Å². The summed E-state index contributed by atoms with van der Waals surface area (Å²) in [7, 11) is 0. The lowest BCUT2D eigenvalue weighted by molar-refractivity contribution is -0.121. The molecule has 1 rings (SSSR count). The number of benzene rings is 1. The molecule has 0 heterocycles. The summed E-state index contributed by atoms with van der Waals surface area (Å²) in [4.78, 5) is 11.2. The molecule has 0 fully saturated rings. The van der Waals surface area contributed by atoms with Crippen LogP contribution in [0.4, 0.5) is 0 Å². The lowest BCUT2D eigenvalue weighted by Gasteiger charge is -2.15. The molecule has 0 saturated carbocycles. The van der Waals surface area contributed by atoms with E-state index in [1.807, 2.05) is 38.1 Å². The van der Waals surface area contributed by atoms with Gasteiger partial charge in [-0.25, -0.2) is 0 Å². The summed E-state index contributed by atoms with van der Waals surface area (Å²) in [5.41, 5.74) is 1.11. The number of amides is 1. The molecule has 1 aromatic rings. The van der Waals surface area contributed by atoms with Gasteiger partial charge in [-0.3, -0.25) is 4.79 Å². The van der Waals surface area contributed by atoms with E-state index in [0.29, 0.717) is 6.42 Å². The predicted molar refractivity (Wildman–Crippen MR) is 61.0 cm³/mol.